The van der Waals surface area contributed by atoms with Gasteiger partial charge in [-0.15, -0.1) is 0 Å². The lowest BCUT2D eigenvalue weighted by Crippen LogP contribution is -2.37. The van der Waals surface area contributed by atoms with E-state index in [1.807, 2.05) is 36.4 Å². The Labute approximate surface area is 163 Å². The Hall–Kier alpha value is -2.08. The second-order valence-corrected chi connectivity index (χ2v) is 7.00. The van der Waals surface area contributed by atoms with Crippen molar-refractivity contribution in [1.29, 1.82) is 0 Å². The minimum Gasteiger partial charge on any atom is -0.493 e. The van der Waals surface area contributed by atoms with Crippen LogP contribution in [0.25, 0.3) is 21.8 Å². The Bertz CT molecular complexity index is 942. The molecule has 142 valence electrons. The standard InChI is InChI=1S/C21H23ClN2O3/c1-25-19-13-16-18(23-17-6-3-2-5-15(17)21(16)22)14-20(19)27-10-4-7-24-8-11-26-12-9-24/h2-3,5-6,13-14H,4,7-12H2,1H3. The molecule has 6 heteroatoms. The normalized spacial score (nSPS) is 15.3. The number of methoxy groups -OCH3 is 1. The summed E-state index contributed by atoms with van der Waals surface area (Å²) in [7, 11) is 1.64. The number of nitrogens with zero attached hydrogens (tertiary/aromatic N) is 2. The summed E-state index contributed by atoms with van der Waals surface area (Å²) in [6.45, 7) is 5.26. The van der Waals surface area contributed by atoms with Crippen LogP contribution in [0.4, 0.5) is 0 Å². The van der Waals surface area contributed by atoms with Crippen LogP contribution in [0.2, 0.25) is 5.02 Å². The van der Waals surface area contributed by atoms with Gasteiger partial charge >= 0.3 is 0 Å². The molecule has 5 nitrogen and oxygen atoms in total. The number of hydrogen-bond donors (Lipinski definition) is 0. The van der Waals surface area contributed by atoms with E-state index in [4.69, 9.17) is 30.8 Å². The maximum absolute atomic E-state index is 6.62. The molecule has 2 heterocycles. The summed E-state index contributed by atoms with van der Waals surface area (Å²) >= 11 is 6.62. The molecule has 1 aliphatic rings. The number of para-hydroxylation sites is 1. The first-order chi connectivity index (χ1) is 13.3. The van der Waals surface area contributed by atoms with Gasteiger partial charge in [0.25, 0.3) is 0 Å². The minimum atomic E-state index is 0.626. The number of pyridine rings is 1. The molecule has 2 aromatic carbocycles. The SMILES string of the molecule is COc1cc2c(Cl)c3ccccc3nc2cc1OCCCN1CCOCC1. The predicted molar refractivity (Wildman–Crippen MR) is 108 cm³/mol. The van der Waals surface area contributed by atoms with Gasteiger partial charge in [-0.2, -0.15) is 0 Å². The molecule has 0 aliphatic carbocycles. The Kier molecular flexibility index (Phi) is 5.62. The molecule has 0 N–H and O–H groups in total. The van der Waals surface area contributed by atoms with Crippen molar-refractivity contribution in [3.8, 4) is 11.5 Å². The summed E-state index contributed by atoms with van der Waals surface area (Å²) in [4.78, 5) is 7.13. The molecule has 0 amide bonds. The van der Waals surface area contributed by atoms with Crippen LogP contribution in [0.3, 0.4) is 0 Å². The largest absolute Gasteiger partial charge is 0.493 e. The van der Waals surface area contributed by atoms with Crippen LogP contribution >= 0.6 is 11.6 Å². The number of hydrogen-bond acceptors (Lipinski definition) is 5. The van der Waals surface area contributed by atoms with Gasteiger partial charge in [0.1, 0.15) is 0 Å². The van der Waals surface area contributed by atoms with Crippen molar-refractivity contribution in [3.05, 3.63) is 41.4 Å². The Morgan fingerprint density at radius 3 is 2.70 bits per heavy atom. The van der Waals surface area contributed by atoms with E-state index < -0.39 is 0 Å². The van der Waals surface area contributed by atoms with Crippen molar-refractivity contribution in [1.82, 2.24) is 9.88 Å². The fourth-order valence-electron chi connectivity index (χ4n) is 3.42. The minimum absolute atomic E-state index is 0.626. The second kappa shape index (κ2) is 8.30. The summed E-state index contributed by atoms with van der Waals surface area (Å²) in [5.41, 5.74) is 1.68. The summed E-state index contributed by atoms with van der Waals surface area (Å²) < 4.78 is 16.9. The lowest BCUT2D eigenvalue weighted by molar-refractivity contribution is 0.0357. The zero-order chi connectivity index (χ0) is 18.6. The molecule has 0 atom stereocenters. The number of halogens is 1. The molecule has 3 aromatic rings. The van der Waals surface area contributed by atoms with Gasteiger partial charge in [-0.1, -0.05) is 29.8 Å². The molecule has 1 fully saturated rings. The van der Waals surface area contributed by atoms with Gasteiger partial charge in [0, 0.05) is 36.5 Å². The molecule has 27 heavy (non-hydrogen) atoms. The van der Waals surface area contributed by atoms with E-state index in [1.54, 1.807) is 7.11 Å². The highest BCUT2D eigenvalue weighted by Gasteiger charge is 2.14. The highest BCUT2D eigenvalue weighted by atomic mass is 35.5. The van der Waals surface area contributed by atoms with Crippen LogP contribution in [0.15, 0.2) is 36.4 Å². The fraction of sp³-hybridized carbons (Fsp3) is 0.381. The van der Waals surface area contributed by atoms with Crippen molar-refractivity contribution < 1.29 is 14.2 Å². The van der Waals surface area contributed by atoms with Crippen LogP contribution in [-0.2, 0) is 4.74 Å². The van der Waals surface area contributed by atoms with E-state index in [2.05, 4.69) is 4.90 Å². The molecule has 1 aromatic heterocycles. The quantitative estimate of drug-likeness (QED) is 0.470. The third-order valence-corrected chi connectivity index (χ3v) is 5.29. The van der Waals surface area contributed by atoms with E-state index in [9.17, 15) is 0 Å². The first-order valence-corrected chi connectivity index (χ1v) is 9.63. The van der Waals surface area contributed by atoms with Gasteiger partial charge in [-0.25, -0.2) is 4.98 Å². The number of rotatable bonds is 6. The molecule has 1 aliphatic heterocycles. The van der Waals surface area contributed by atoms with Crippen molar-refractivity contribution >= 4 is 33.4 Å². The van der Waals surface area contributed by atoms with E-state index in [0.29, 0.717) is 23.1 Å². The van der Waals surface area contributed by atoms with E-state index in [1.165, 1.54) is 0 Å². The molecule has 1 saturated heterocycles. The second-order valence-electron chi connectivity index (χ2n) is 6.62. The zero-order valence-corrected chi connectivity index (χ0v) is 16.2. The fourth-order valence-corrected chi connectivity index (χ4v) is 3.73. The first-order valence-electron chi connectivity index (χ1n) is 9.25. The van der Waals surface area contributed by atoms with E-state index >= 15 is 0 Å². The van der Waals surface area contributed by atoms with Crippen molar-refractivity contribution in [2.45, 2.75) is 6.42 Å². The van der Waals surface area contributed by atoms with Gasteiger partial charge in [-0.05, 0) is 18.6 Å². The molecule has 0 unspecified atom stereocenters. The third-order valence-electron chi connectivity index (χ3n) is 4.88. The molecular weight excluding hydrogens is 364 g/mol. The summed E-state index contributed by atoms with van der Waals surface area (Å²) in [5.74, 6) is 1.37. The average molecular weight is 387 g/mol. The number of fused-ring (bicyclic) bond motifs is 2. The smallest absolute Gasteiger partial charge is 0.163 e. The zero-order valence-electron chi connectivity index (χ0n) is 15.4. The number of aromatic nitrogens is 1. The monoisotopic (exact) mass is 386 g/mol. The van der Waals surface area contributed by atoms with Crippen molar-refractivity contribution in [2.24, 2.45) is 0 Å². The van der Waals surface area contributed by atoms with Gasteiger partial charge < -0.3 is 14.2 Å². The maximum atomic E-state index is 6.62. The van der Waals surface area contributed by atoms with E-state index in [-0.39, 0.29) is 0 Å². The molecule has 0 spiro atoms. The first kappa shape index (κ1) is 18.3. The Balaban J connectivity index is 1.53. The molecular formula is C21H23ClN2O3. The van der Waals surface area contributed by atoms with Crippen LogP contribution in [-0.4, -0.2) is 56.4 Å². The molecule has 0 bridgehead atoms. The summed E-state index contributed by atoms with van der Waals surface area (Å²) in [5, 5.41) is 2.49. The lowest BCUT2D eigenvalue weighted by atomic mass is 10.1. The third kappa shape index (κ3) is 3.95. The highest BCUT2D eigenvalue weighted by molar-refractivity contribution is 6.40. The van der Waals surface area contributed by atoms with Crippen LogP contribution in [0.1, 0.15) is 6.42 Å². The number of ether oxygens (including phenoxy) is 3. The van der Waals surface area contributed by atoms with Gasteiger partial charge in [0.2, 0.25) is 0 Å². The molecule has 0 saturated carbocycles. The summed E-state index contributed by atoms with van der Waals surface area (Å²) in [6.07, 6.45) is 0.951. The Morgan fingerprint density at radius 2 is 1.89 bits per heavy atom. The maximum Gasteiger partial charge on any atom is 0.163 e. The molecule has 4 rings (SSSR count). The van der Waals surface area contributed by atoms with Crippen molar-refractivity contribution in [2.75, 3.05) is 46.6 Å². The van der Waals surface area contributed by atoms with Crippen LogP contribution in [0, 0.1) is 0 Å². The Morgan fingerprint density at radius 1 is 1.07 bits per heavy atom. The van der Waals surface area contributed by atoms with Crippen molar-refractivity contribution in [3.63, 3.8) is 0 Å². The van der Waals surface area contributed by atoms with Gasteiger partial charge in [0.05, 0.1) is 43.0 Å². The van der Waals surface area contributed by atoms with Crippen LogP contribution in [0.5, 0.6) is 11.5 Å². The number of benzene rings is 2. The lowest BCUT2D eigenvalue weighted by Gasteiger charge is -2.26. The van der Waals surface area contributed by atoms with E-state index in [0.717, 1.165) is 61.1 Å². The number of morpholine rings is 1. The van der Waals surface area contributed by atoms with Crippen LogP contribution < -0.4 is 9.47 Å². The van der Waals surface area contributed by atoms with Gasteiger partial charge in [0.15, 0.2) is 11.5 Å². The van der Waals surface area contributed by atoms with Gasteiger partial charge in [-0.3, -0.25) is 4.90 Å². The highest BCUT2D eigenvalue weighted by Crippen LogP contribution is 2.37. The molecule has 0 radical (unpaired) electrons. The average Bonchev–Trinajstić information content (AvgIpc) is 2.72. The summed E-state index contributed by atoms with van der Waals surface area (Å²) in [6, 6.07) is 11.7. The predicted octanol–water partition coefficient (Wildman–Crippen LogP) is 4.15. The topological polar surface area (TPSA) is 43.8 Å².